The van der Waals surface area contributed by atoms with E-state index in [9.17, 15) is 19.2 Å². The molecule has 1 aliphatic rings. The zero-order chi connectivity index (χ0) is 16.9. The number of hydrazine groups is 2. The summed E-state index contributed by atoms with van der Waals surface area (Å²) >= 11 is 1.68. The molecular weight excluding hydrogens is 314 g/mol. The van der Waals surface area contributed by atoms with Gasteiger partial charge in [0.1, 0.15) is 6.04 Å². The highest BCUT2D eigenvalue weighted by atomic mass is 32.2. The van der Waals surface area contributed by atoms with Crippen molar-refractivity contribution in [3.63, 3.8) is 0 Å². The summed E-state index contributed by atoms with van der Waals surface area (Å²) in [5, 5.41) is 0.609. The number of carbonyl (C=O) groups excluding carboxylic acids is 4. The van der Waals surface area contributed by atoms with Crippen LogP contribution < -0.4 is 23.2 Å². The van der Waals surface area contributed by atoms with Crippen LogP contribution in [0.15, 0.2) is 0 Å². The Morgan fingerprint density at radius 2 is 1.59 bits per heavy atom. The zero-order valence-electron chi connectivity index (χ0n) is 11.8. The number of amides is 6. The van der Waals surface area contributed by atoms with Crippen LogP contribution in [0.3, 0.4) is 0 Å². The summed E-state index contributed by atoms with van der Waals surface area (Å²) in [6.07, 6.45) is -0.596. The zero-order valence-corrected chi connectivity index (χ0v) is 12.6. The fourth-order valence-electron chi connectivity index (χ4n) is 1.84. The molecule has 124 valence electrons. The van der Waals surface area contributed by atoms with Crippen LogP contribution in [0.5, 0.6) is 0 Å². The van der Waals surface area contributed by atoms with Gasteiger partial charge in [0.05, 0.1) is 6.42 Å². The first-order chi connectivity index (χ1) is 10.3. The molecular formula is C10H19N7O4S. The van der Waals surface area contributed by atoms with Gasteiger partial charge in [-0.15, -0.1) is 0 Å². The number of hydrogen-bond acceptors (Lipinski definition) is 7. The molecule has 1 aliphatic heterocycles. The number of primary amides is 2. The summed E-state index contributed by atoms with van der Waals surface area (Å²) in [6, 6.07) is -3.62. The summed E-state index contributed by atoms with van der Waals surface area (Å²) in [7, 11) is 0. The van der Waals surface area contributed by atoms with Crippen molar-refractivity contribution in [2.45, 2.75) is 12.5 Å². The summed E-state index contributed by atoms with van der Waals surface area (Å²) in [6.45, 7) is 0.923. The molecule has 0 aromatic heterocycles. The van der Waals surface area contributed by atoms with E-state index >= 15 is 0 Å². The second-order valence-corrected chi connectivity index (χ2v) is 5.73. The normalized spacial score (nSPS) is 15.8. The number of urea groups is 2. The van der Waals surface area contributed by atoms with Gasteiger partial charge in [0.2, 0.25) is 11.8 Å². The second kappa shape index (κ2) is 7.82. The number of hydrogen-bond donors (Lipinski definition) is 4. The molecule has 1 fully saturated rings. The molecule has 1 heterocycles. The van der Waals surface area contributed by atoms with Crippen LogP contribution >= 0.6 is 11.8 Å². The van der Waals surface area contributed by atoms with Gasteiger partial charge < -0.3 is 16.4 Å². The van der Waals surface area contributed by atoms with Crippen molar-refractivity contribution < 1.29 is 19.2 Å². The molecule has 8 N–H and O–H groups in total. The minimum Gasteiger partial charge on any atom is -0.350 e. The average Bonchev–Trinajstić information content (AvgIpc) is 2.50. The predicted octanol–water partition coefficient (Wildman–Crippen LogP) is -2.64. The van der Waals surface area contributed by atoms with Crippen LogP contribution in [0.2, 0.25) is 0 Å². The van der Waals surface area contributed by atoms with Gasteiger partial charge >= 0.3 is 12.1 Å². The summed E-state index contributed by atoms with van der Waals surface area (Å²) in [5.41, 5.74) is 9.93. The maximum absolute atomic E-state index is 12.4. The van der Waals surface area contributed by atoms with Crippen LogP contribution in [0.25, 0.3) is 0 Å². The Hall–Kier alpha value is -2.05. The number of thioether (sulfide) groups is 1. The van der Waals surface area contributed by atoms with Crippen molar-refractivity contribution in [1.82, 2.24) is 14.9 Å². The molecule has 0 aliphatic carbocycles. The van der Waals surface area contributed by atoms with Crippen LogP contribution in [-0.2, 0) is 9.59 Å². The van der Waals surface area contributed by atoms with E-state index in [0.717, 1.165) is 11.5 Å². The maximum atomic E-state index is 12.4. The lowest BCUT2D eigenvalue weighted by Crippen LogP contribution is -2.59. The lowest BCUT2D eigenvalue weighted by Gasteiger charge is -2.33. The Morgan fingerprint density at radius 3 is 2.05 bits per heavy atom. The number of nitrogens with zero attached hydrogens (tertiary/aromatic N) is 3. The number of nitrogens with two attached hydrogens (primary N) is 4. The lowest BCUT2D eigenvalue weighted by molar-refractivity contribution is -0.140. The van der Waals surface area contributed by atoms with Crippen molar-refractivity contribution in [2.75, 3.05) is 24.6 Å². The summed E-state index contributed by atoms with van der Waals surface area (Å²) in [5.74, 6) is 10.6. The maximum Gasteiger partial charge on any atom is 0.336 e. The van der Waals surface area contributed by atoms with Crippen molar-refractivity contribution in [2.24, 2.45) is 23.2 Å². The Morgan fingerprint density at radius 1 is 1.05 bits per heavy atom. The van der Waals surface area contributed by atoms with Crippen LogP contribution in [0, 0.1) is 0 Å². The van der Waals surface area contributed by atoms with Gasteiger partial charge in [-0.25, -0.2) is 26.3 Å². The molecule has 22 heavy (non-hydrogen) atoms. The van der Waals surface area contributed by atoms with E-state index in [-0.39, 0.29) is 5.01 Å². The Balaban J connectivity index is 2.88. The first-order valence-electron chi connectivity index (χ1n) is 6.32. The monoisotopic (exact) mass is 333 g/mol. The fraction of sp³-hybridized carbons (Fsp3) is 0.600. The average molecular weight is 333 g/mol. The van der Waals surface area contributed by atoms with Gasteiger partial charge in [-0.2, -0.15) is 16.8 Å². The lowest BCUT2D eigenvalue weighted by atomic mass is 10.1. The Labute approximate surface area is 130 Å². The molecule has 0 unspecified atom stereocenters. The smallest absolute Gasteiger partial charge is 0.336 e. The van der Waals surface area contributed by atoms with Gasteiger partial charge in [-0.1, -0.05) is 0 Å². The summed E-state index contributed by atoms with van der Waals surface area (Å²) in [4.78, 5) is 47.8. The number of carbonyl (C=O) groups is 4. The Kier molecular flexibility index (Phi) is 6.39. The third-order valence-corrected chi connectivity index (χ3v) is 4.01. The van der Waals surface area contributed by atoms with E-state index in [2.05, 4.69) is 0 Å². The van der Waals surface area contributed by atoms with Crippen molar-refractivity contribution in [1.29, 1.82) is 0 Å². The van der Waals surface area contributed by atoms with Crippen molar-refractivity contribution in [3.8, 4) is 0 Å². The molecule has 0 aromatic rings. The Bertz CT molecular complexity index is 468. The van der Waals surface area contributed by atoms with Crippen molar-refractivity contribution in [3.05, 3.63) is 0 Å². The topological polar surface area (TPSA) is 182 Å². The van der Waals surface area contributed by atoms with Gasteiger partial charge in [-0.3, -0.25) is 9.59 Å². The minimum atomic E-state index is -1.35. The van der Waals surface area contributed by atoms with Gasteiger partial charge in [0.25, 0.3) is 0 Å². The molecule has 1 rings (SSSR count). The van der Waals surface area contributed by atoms with E-state index in [4.69, 9.17) is 23.2 Å². The van der Waals surface area contributed by atoms with E-state index in [1.807, 2.05) is 0 Å². The van der Waals surface area contributed by atoms with E-state index in [1.54, 1.807) is 11.8 Å². The highest BCUT2D eigenvalue weighted by Gasteiger charge is 2.34. The third-order valence-electron chi connectivity index (χ3n) is 3.07. The fourth-order valence-corrected chi connectivity index (χ4v) is 2.74. The minimum absolute atomic E-state index is 0.154. The molecule has 1 atom stereocenters. The van der Waals surface area contributed by atoms with E-state index < -0.39 is 36.3 Å². The van der Waals surface area contributed by atoms with E-state index in [1.165, 1.54) is 4.90 Å². The van der Waals surface area contributed by atoms with Gasteiger partial charge in [0, 0.05) is 24.6 Å². The molecule has 11 nitrogen and oxygen atoms in total. The highest BCUT2D eigenvalue weighted by Crippen LogP contribution is 2.13. The molecule has 0 bridgehead atoms. The number of rotatable bonds is 4. The van der Waals surface area contributed by atoms with Crippen LogP contribution in [0.1, 0.15) is 6.42 Å². The van der Waals surface area contributed by atoms with Crippen molar-refractivity contribution >= 4 is 35.6 Å². The van der Waals surface area contributed by atoms with Crippen LogP contribution in [0.4, 0.5) is 9.59 Å². The summed E-state index contributed by atoms with van der Waals surface area (Å²) < 4.78 is 0. The quantitative estimate of drug-likeness (QED) is 0.246. The molecule has 0 saturated carbocycles. The first kappa shape index (κ1) is 18.0. The SMILES string of the molecule is NC(=O)N(N)C(=O)C[C@@H](C(=O)N1CCSCC1)N(N)C(N)=O. The highest BCUT2D eigenvalue weighted by molar-refractivity contribution is 7.99. The largest absolute Gasteiger partial charge is 0.350 e. The van der Waals surface area contributed by atoms with E-state index in [0.29, 0.717) is 18.1 Å². The second-order valence-electron chi connectivity index (χ2n) is 4.51. The third kappa shape index (κ3) is 4.47. The van der Waals surface area contributed by atoms with Gasteiger partial charge in [-0.05, 0) is 0 Å². The molecule has 0 radical (unpaired) electrons. The molecule has 12 heteroatoms. The standard InChI is InChI=1S/C10H19N7O4S/c11-9(20)16(13)6(5-7(18)17(14)10(12)21)8(19)15-1-3-22-4-2-15/h6H,1-5,13-14H2,(H2,11,20)(H2,12,21)/t6-/m0/s1. The molecule has 0 aromatic carbocycles. The number of imide groups is 1. The molecule has 0 spiro atoms. The first-order valence-corrected chi connectivity index (χ1v) is 7.48. The molecule has 6 amide bonds. The van der Waals surface area contributed by atoms with Gasteiger partial charge in [0.15, 0.2) is 0 Å². The van der Waals surface area contributed by atoms with Crippen LogP contribution in [-0.4, -0.2) is 69.4 Å². The predicted molar refractivity (Wildman–Crippen MR) is 78.5 cm³/mol. The molecule has 1 saturated heterocycles.